The lowest BCUT2D eigenvalue weighted by molar-refractivity contribution is -0.118. The molecule has 1 aromatic rings. The topological polar surface area (TPSA) is 96.6 Å². The standard InChI is InChI=1S/C12H17N3O3/c1-2-7(16)5-14-9-4-10-11(3-8(9)13)18-6-12(17)15-10/h3-4,7,14,16H,2,5-6,13H2,1H3,(H,15,17). The minimum Gasteiger partial charge on any atom is -0.482 e. The largest absolute Gasteiger partial charge is 0.482 e. The number of aliphatic hydroxyl groups excluding tert-OH is 1. The van der Waals surface area contributed by atoms with Gasteiger partial charge in [0, 0.05) is 12.6 Å². The van der Waals surface area contributed by atoms with E-state index in [0.717, 1.165) is 0 Å². The molecule has 0 aliphatic carbocycles. The highest BCUT2D eigenvalue weighted by molar-refractivity contribution is 5.97. The third-order valence-corrected chi connectivity index (χ3v) is 2.78. The van der Waals surface area contributed by atoms with Gasteiger partial charge in [-0.15, -0.1) is 0 Å². The summed E-state index contributed by atoms with van der Waals surface area (Å²) >= 11 is 0. The quantitative estimate of drug-likeness (QED) is 0.593. The van der Waals surface area contributed by atoms with Gasteiger partial charge in [0.1, 0.15) is 5.75 Å². The van der Waals surface area contributed by atoms with E-state index in [0.29, 0.717) is 35.8 Å². The van der Waals surface area contributed by atoms with Gasteiger partial charge in [0.2, 0.25) is 0 Å². The Bertz CT molecular complexity index is 462. The predicted octanol–water partition coefficient (Wildman–Crippen LogP) is 0.782. The van der Waals surface area contributed by atoms with E-state index in [-0.39, 0.29) is 12.5 Å². The van der Waals surface area contributed by atoms with E-state index in [1.807, 2.05) is 6.92 Å². The van der Waals surface area contributed by atoms with Gasteiger partial charge in [-0.2, -0.15) is 0 Å². The number of nitrogens with two attached hydrogens (primary N) is 1. The molecule has 1 aliphatic heterocycles. The Morgan fingerprint density at radius 3 is 3.11 bits per heavy atom. The zero-order valence-electron chi connectivity index (χ0n) is 10.2. The van der Waals surface area contributed by atoms with Gasteiger partial charge in [-0.25, -0.2) is 0 Å². The number of benzene rings is 1. The number of nitrogens with one attached hydrogen (secondary N) is 2. The molecule has 1 heterocycles. The Balaban J connectivity index is 2.16. The number of nitrogen functional groups attached to an aromatic ring is 1. The normalized spacial score (nSPS) is 15.3. The molecule has 1 atom stereocenters. The fourth-order valence-electron chi connectivity index (χ4n) is 1.67. The molecule has 0 radical (unpaired) electrons. The molecule has 6 nitrogen and oxygen atoms in total. The second kappa shape index (κ2) is 5.14. The minimum absolute atomic E-state index is 0.00770. The summed E-state index contributed by atoms with van der Waals surface area (Å²) in [6.45, 7) is 2.32. The summed E-state index contributed by atoms with van der Waals surface area (Å²) in [4.78, 5) is 11.2. The van der Waals surface area contributed by atoms with Crippen molar-refractivity contribution in [3.63, 3.8) is 0 Å². The molecule has 2 rings (SSSR count). The lowest BCUT2D eigenvalue weighted by atomic mass is 10.2. The Hall–Kier alpha value is -1.95. The summed E-state index contributed by atoms with van der Waals surface area (Å²) < 4.78 is 5.25. The first-order valence-electron chi connectivity index (χ1n) is 5.88. The van der Waals surface area contributed by atoms with Gasteiger partial charge < -0.3 is 26.2 Å². The van der Waals surface area contributed by atoms with Crippen molar-refractivity contribution in [2.45, 2.75) is 19.4 Å². The van der Waals surface area contributed by atoms with E-state index in [9.17, 15) is 9.90 Å². The summed E-state index contributed by atoms with van der Waals surface area (Å²) in [6, 6.07) is 3.37. The van der Waals surface area contributed by atoms with Crippen LogP contribution in [0.3, 0.4) is 0 Å². The Morgan fingerprint density at radius 1 is 1.61 bits per heavy atom. The van der Waals surface area contributed by atoms with Crippen molar-refractivity contribution in [3.05, 3.63) is 12.1 Å². The first kappa shape index (κ1) is 12.5. The van der Waals surface area contributed by atoms with E-state index in [1.54, 1.807) is 12.1 Å². The molecule has 0 bridgehead atoms. The van der Waals surface area contributed by atoms with Crippen molar-refractivity contribution < 1.29 is 14.6 Å². The van der Waals surface area contributed by atoms with Gasteiger partial charge in [0.15, 0.2) is 6.61 Å². The number of aliphatic hydroxyl groups is 1. The molecule has 1 aliphatic rings. The SMILES string of the molecule is CCC(O)CNc1cc2c(cc1N)OCC(=O)N2. The number of fused-ring (bicyclic) bond motifs is 1. The zero-order chi connectivity index (χ0) is 13.1. The van der Waals surface area contributed by atoms with E-state index in [4.69, 9.17) is 10.5 Å². The molecule has 0 saturated heterocycles. The second-order valence-corrected chi connectivity index (χ2v) is 4.22. The van der Waals surface area contributed by atoms with Crippen LogP contribution in [0.4, 0.5) is 17.1 Å². The average molecular weight is 251 g/mol. The number of hydrogen-bond donors (Lipinski definition) is 4. The number of rotatable bonds is 4. The average Bonchev–Trinajstić information content (AvgIpc) is 2.36. The second-order valence-electron chi connectivity index (χ2n) is 4.22. The zero-order valence-corrected chi connectivity index (χ0v) is 10.2. The highest BCUT2D eigenvalue weighted by Crippen LogP contribution is 2.35. The third-order valence-electron chi connectivity index (χ3n) is 2.78. The van der Waals surface area contributed by atoms with Crippen LogP contribution in [0, 0.1) is 0 Å². The molecule has 0 fully saturated rings. The van der Waals surface area contributed by atoms with Crippen LogP contribution in [0.15, 0.2) is 12.1 Å². The third kappa shape index (κ3) is 2.65. The molecule has 0 aromatic heterocycles. The molecule has 5 N–H and O–H groups in total. The maximum Gasteiger partial charge on any atom is 0.262 e. The smallest absolute Gasteiger partial charge is 0.262 e. The van der Waals surface area contributed by atoms with Crippen molar-refractivity contribution in [2.75, 3.05) is 29.5 Å². The van der Waals surface area contributed by atoms with Crippen LogP contribution in [0.25, 0.3) is 0 Å². The first-order valence-corrected chi connectivity index (χ1v) is 5.88. The molecule has 98 valence electrons. The number of hydrogen-bond acceptors (Lipinski definition) is 5. The highest BCUT2D eigenvalue weighted by Gasteiger charge is 2.17. The van der Waals surface area contributed by atoms with Crippen LogP contribution < -0.4 is 21.1 Å². The molecule has 0 spiro atoms. The molecular formula is C12H17N3O3. The van der Waals surface area contributed by atoms with Gasteiger partial charge in [0.05, 0.1) is 23.2 Å². The van der Waals surface area contributed by atoms with Crippen molar-refractivity contribution in [2.24, 2.45) is 0 Å². The van der Waals surface area contributed by atoms with E-state index >= 15 is 0 Å². The van der Waals surface area contributed by atoms with E-state index < -0.39 is 6.10 Å². The summed E-state index contributed by atoms with van der Waals surface area (Å²) in [5.41, 5.74) is 7.66. The Kier molecular flexibility index (Phi) is 3.57. The number of anilines is 3. The summed E-state index contributed by atoms with van der Waals surface area (Å²) in [5, 5.41) is 15.2. The van der Waals surface area contributed by atoms with Crippen LogP contribution in [0.1, 0.15) is 13.3 Å². The molecular weight excluding hydrogens is 234 g/mol. The van der Waals surface area contributed by atoms with Crippen LogP contribution >= 0.6 is 0 Å². The van der Waals surface area contributed by atoms with Gasteiger partial charge in [-0.3, -0.25) is 4.79 Å². The van der Waals surface area contributed by atoms with Gasteiger partial charge >= 0.3 is 0 Å². The van der Waals surface area contributed by atoms with Gasteiger partial charge in [-0.1, -0.05) is 6.92 Å². The Morgan fingerprint density at radius 2 is 2.39 bits per heavy atom. The Labute approximate surface area is 105 Å². The lowest BCUT2D eigenvalue weighted by Gasteiger charge is -2.20. The van der Waals surface area contributed by atoms with Crippen molar-refractivity contribution in [1.82, 2.24) is 0 Å². The van der Waals surface area contributed by atoms with Crippen molar-refractivity contribution in [1.29, 1.82) is 0 Å². The number of amides is 1. The predicted molar refractivity (Wildman–Crippen MR) is 69.8 cm³/mol. The maximum atomic E-state index is 11.2. The van der Waals surface area contributed by atoms with Gasteiger partial charge in [0.25, 0.3) is 5.91 Å². The van der Waals surface area contributed by atoms with Gasteiger partial charge in [-0.05, 0) is 12.5 Å². The highest BCUT2D eigenvalue weighted by atomic mass is 16.5. The fraction of sp³-hybridized carbons (Fsp3) is 0.417. The first-order chi connectivity index (χ1) is 8.60. The molecule has 6 heteroatoms. The number of carbonyl (C=O) groups is 1. The molecule has 1 amide bonds. The van der Waals surface area contributed by atoms with Crippen LogP contribution in [-0.4, -0.2) is 30.3 Å². The minimum atomic E-state index is -0.425. The van der Waals surface area contributed by atoms with E-state index in [2.05, 4.69) is 10.6 Å². The van der Waals surface area contributed by atoms with Crippen LogP contribution in [0.5, 0.6) is 5.75 Å². The number of ether oxygens (including phenoxy) is 1. The number of carbonyl (C=O) groups excluding carboxylic acids is 1. The summed E-state index contributed by atoms with van der Waals surface area (Å²) in [6.07, 6.45) is 0.240. The monoisotopic (exact) mass is 251 g/mol. The molecule has 0 saturated carbocycles. The lowest BCUT2D eigenvalue weighted by Crippen LogP contribution is -2.26. The fourth-order valence-corrected chi connectivity index (χ4v) is 1.67. The summed E-state index contributed by atoms with van der Waals surface area (Å²) in [5.74, 6) is 0.375. The molecule has 1 aromatic carbocycles. The summed E-state index contributed by atoms with van der Waals surface area (Å²) in [7, 11) is 0. The van der Waals surface area contributed by atoms with Crippen molar-refractivity contribution >= 4 is 23.0 Å². The van der Waals surface area contributed by atoms with Crippen molar-refractivity contribution in [3.8, 4) is 5.75 Å². The maximum absolute atomic E-state index is 11.2. The molecule has 1 unspecified atom stereocenters. The molecule has 18 heavy (non-hydrogen) atoms. The van der Waals surface area contributed by atoms with Crippen LogP contribution in [-0.2, 0) is 4.79 Å². The van der Waals surface area contributed by atoms with Crippen LogP contribution in [0.2, 0.25) is 0 Å². The van der Waals surface area contributed by atoms with E-state index in [1.165, 1.54) is 0 Å².